The molecule has 0 aromatic carbocycles. The number of ketones is 1. The first-order valence-corrected chi connectivity index (χ1v) is 5.89. The summed E-state index contributed by atoms with van der Waals surface area (Å²) in [6.45, 7) is 7.99. The molecule has 3 heteroatoms. The lowest BCUT2D eigenvalue weighted by molar-refractivity contribution is -0.126. The van der Waals surface area contributed by atoms with E-state index >= 15 is 0 Å². The lowest BCUT2D eigenvalue weighted by atomic mass is 9.88. The third-order valence-electron chi connectivity index (χ3n) is 2.83. The Hall–Kier alpha value is -1.12. The summed E-state index contributed by atoms with van der Waals surface area (Å²) in [6, 6.07) is 2.09. The minimum atomic E-state index is -0.230. The quantitative estimate of drug-likeness (QED) is 0.784. The number of aromatic nitrogens is 2. The van der Waals surface area contributed by atoms with Gasteiger partial charge in [-0.2, -0.15) is 5.10 Å². The van der Waals surface area contributed by atoms with E-state index in [0.29, 0.717) is 12.2 Å². The SMILES string of the molecule is CCc1cc(CCC(=O)C(C)(C)C)n(C)n1. The Morgan fingerprint density at radius 1 is 1.44 bits per heavy atom. The molecule has 0 saturated carbocycles. The van der Waals surface area contributed by atoms with Gasteiger partial charge in [0.15, 0.2) is 0 Å². The average Bonchev–Trinajstić information content (AvgIpc) is 2.54. The summed E-state index contributed by atoms with van der Waals surface area (Å²) in [4.78, 5) is 11.8. The van der Waals surface area contributed by atoms with Crippen LogP contribution in [0.4, 0.5) is 0 Å². The van der Waals surface area contributed by atoms with Crippen LogP contribution in [0.15, 0.2) is 6.07 Å². The third-order valence-corrected chi connectivity index (χ3v) is 2.83. The van der Waals surface area contributed by atoms with Crippen molar-refractivity contribution in [2.24, 2.45) is 12.5 Å². The summed E-state index contributed by atoms with van der Waals surface area (Å²) in [5, 5.41) is 4.37. The van der Waals surface area contributed by atoms with Crippen molar-refractivity contribution in [3.8, 4) is 0 Å². The van der Waals surface area contributed by atoms with Gasteiger partial charge in [-0.15, -0.1) is 0 Å². The van der Waals surface area contributed by atoms with E-state index < -0.39 is 0 Å². The monoisotopic (exact) mass is 222 g/mol. The number of rotatable bonds is 4. The Kier molecular flexibility index (Phi) is 3.89. The van der Waals surface area contributed by atoms with Gasteiger partial charge in [0, 0.05) is 24.6 Å². The third kappa shape index (κ3) is 3.19. The zero-order valence-corrected chi connectivity index (χ0v) is 11.0. The Morgan fingerprint density at radius 3 is 2.50 bits per heavy atom. The minimum absolute atomic E-state index is 0.230. The van der Waals surface area contributed by atoms with Crippen LogP contribution in [0.5, 0.6) is 0 Å². The van der Waals surface area contributed by atoms with Crippen LogP contribution in [-0.4, -0.2) is 15.6 Å². The van der Waals surface area contributed by atoms with Crippen LogP contribution >= 0.6 is 0 Å². The fourth-order valence-electron chi connectivity index (χ4n) is 1.59. The van der Waals surface area contributed by atoms with Crippen LogP contribution in [-0.2, 0) is 24.7 Å². The lowest BCUT2D eigenvalue weighted by Crippen LogP contribution is -2.20. The number of Topliss-reactive ketones (excluding diaryl/α,β-unsaturated/α-hetero) is 1. The molecule has 0 saturated heterocycles. The molecule has 0 fully saturated rings. The predicted molar refractivity (Wildman–Crippen MR) is 65.4 cm³/mol. The highest BCUT2D eigenvalue weighted by molar-refractivity contribution is 5.83. The second-order valence-electron chi connectivity index (χ2n) is 5.28. The molecule has 0 aliphatic rings. The van der Waals surface area contributed by atoms with Crippen LogP contribution in [0.3, 0.4) is 0 Å². The van der Waals surface area contributed by atoms with Crippen LogP contribution in [0.25, 0.3) is 0 Å². The molecule has 0 radical (unpaired) electrons. The highest BCUT2D eigenvalue weighted by Gasteiger charge is 2.20. The minimum Gasteiger partial charge on any atom is -0.299 e. The number of nitrogens with zero attached hydrogens (tertiary/aromatic N) is 2. The molecule has 1 rings (SSSR count). The first-order valence-electron chi connectivity index (χ1n) is 5.89. The maximum absolute atomic E-state index is 11.8. The summed E-state index contributed by atoms with van der Waals surface area (Å²) in [5.41, 5.74) is 2.02. The largest absolute Gasteiger partial charge is 0.299 e. The number of carbonyl (C=O) groups excluding carboxylic acids is 1. The van der Waals surface area contributed by atoms with E-state index in [4.69, 9.17) is 0 Å². The van der Waals surface area contributed by atoms with Crippen molar-refractivity contribution < 1.29 is 4.79 Å². The van der Waals surface area contributed by atoms with Crippen molar-refractivity contribution in [3.05, 3.63) is 17.5 Å². The topological polar surface area (TPSA) is 34.9 Å². The Bertz CT molecular complexity index is 372. The molecule has 1 aromatic rings. The average molecular weight is 222 g/mol. The molecule has 3 nitrogen and oxygen atoms in total. The smallest absolute Gasteiger partial charge is 0.138 e. The van der Waals surface area contributed by atoms with Gasteiger partial charge >= 0.3 is 0 Å². The van der Waals surface area contributed by atoms with Crippen molar-refractivity contribution in [2.45, 2.75) is 47.0 Å². The second-order valence-corrected chi connectivity index (χ2v) is 5.28. The van der Waals surface area contributed by atoms with Gasteiger partial charge in [-0.3, -0.25) is 9.48 Å². The molecule has 0 amide bonds. The maximum atomic E-state index is 11.8. The van der Waals surface area contributed by atoms with Gasteiger partial charge < -0.3 is 0 Å². The molecule has 0 atom stereocenters. The van der Waals surface area contributed by atoms with Crippen LogP contribution in [0.2, 0.25) is 0 Å². The molecule has 0 bridgehead atoms. The molecule has 16 heavy (non-hydrogen) atoms. The fraction of sp³-hybridized carbons (Fsp3) is 0.692. The van der Waals surface area contributed by atoms with Crippen molar-refractivity contribution in [3.63, 3.8) is 0 Å². The van der Waals surface area contributed by atoms with E-state index in [-0.39, 0.29) is 5.41 Å². The zero-order valence-electron chi connectivity index (χ0n) is 11.0. The van der Waals surface area contributed by atoms with Crippen molar-refractivity contribution in [2.75, 3.05) is 0 Å². The van der Waals surface area contributed by atoms with Gasteiger partial charge in [0.05, 0.1) is 5.69 Å². The molecule has 1 aromatic heterocycles. The van der Waals surface area contributed by atoms with Gasteiger partial charge in [0.1, 0.15) is 5.78 Å². The molecule has 0 unspecified atom stereocenters. The van der Waals surface area contributed by atoms with Gasteiger partial charge in [0.2, 0.25) is 0 Å². The fourth-order valence-corrected chi connectivity index (χ4v) is 1.59. The van der Waals surface area contributed by atoms with E-state index in [9.17, 15) is 4.79 Å². The van der Waals surface area contributed by atoms with Gasteiger partial charge in [-0.1, -0.05) is 27.7 Å². The normalized spacial score (nSPS) is 11.8. The van der Waals surface area contributed by atoms with E-state index in [1.807, 2.05) is 32.5 Å². The molecule has 0 spiro atoms. The molecule has 0 aliphatic heterocycles. The summed E-state index contributed by atoms with van der Waals surface area (Å²) in [7, 11) is 1.94. The highest BCUT2D eigenvalue weighted by atomic mass is 16.1. The van der Waals surface area contributed by atoms with Crippen LogP contribution in [0.1, 0.15) is 45.5 Å². The molecule has 0 aliphatic carbocycles. The van der Waals surface area contributed by atoms with Crippen LogP contribution in [0, 0.1) is 5.41 Å². The number of aryl methyl sites for hydroxylation is 3. The van der Waals surface area contributed by atoms with Gasteiger partial charge in [-0.05, 0) is 18.9 Å². The number of hydrogen-bond acceptors (Lipinski definition) is 2. The molecule has 0 N–H and O–H groups in total. The molecule has 90 valence electrons. The van der Waals surface area contributed by atoms with Crippen LogP contribution < -0.4 is 0 Å². The van der Waals surface area contributed by atoms with E-state index in [1.165, 1.54) is 0 Å². The summed E-state index contributed by atoms with van der Waals surface area (Å²) < 4.78 is 1.88. The van der Waals surface area contributed by atoms with E-state index in [2.05, 4.69) is 18.1 Å². The Morgan fingerprint density at radius 2 is 2.06 bits per heavy atom. The molecule has 1 heterocycles. The maximum Gasteiger partial charge on any atom is 0.138 e. The lowest BCUT2D eigenvalue weighted by Gasteiger charge is -2.16. The van der Waals surface area contributed by atoms with Crippen molar-refractivity contribution in [1.29, 1.82) is 0 Å². The highest BCUT2D eigenvalue weighted by Crippen LogP contribution is 2.18. The van der Waals surface area contributed by atoms with Gasteiger partial charge in [0.25, 0.3) is 0 Å². The Balaban J connectivity index is 2.61. The summed E-state index contributed by atoms with van der Waals surface area (Å²) in [6.07, 6.45) is 2.34. The standard InChI is InChI=1S/C13H22N2O/c1-6-10-9-11(15(5)14-10)7-8-12(16)13(2,3)4/h9H,6-8H2,1-5H3. The molecular weight excluding hydrogens is 200 g/mol. The first kappa shape index (κ1) is 12.9. The van der Waals surface area contributed by atoms with E-state index in [0.717, 1.165) is 24.2 Å². The first-order chi connectivity index (χ1) is 7.34. The van der Waals surface area contributed by atoms with E-state index in [1.54, 1.807) is 0 Å². The van der Waals surface area contributed by atoms with Gasteiger partial charge in [-0.25, -0.2) is 0 Å². The summed E-state index contributed by atoms with van der Waals surface area (Å²) in [5.74, 6) is 0.312. The zero-order chi connectivity index (χ0) is 12.3. The van der Waals surface area contributed by atoms with Crippen molar-refractivity contribution >= 4 is 5.78 Å². The number of hydrogen-bond donors (Lipinski definition) is 0. The second kappa shape index (κ2) is 4.81. The molecular formula is C13H22N2O. The Labute approximate surface area is 97.8 Å². The van der Waals surface area contributed by atoms with Crippen molar-refractivity contribution in [1.82, 2.24) is 9.78 Å². The predicted octanol–water partition coefficient (Wildman–Crippen LogP) is 2.53. The number of carbonyl (C=O) groups is 1. The summed E-state index contributed by atoms with van der Waals surface area (Å²) >= 11 is 0.